The molecule has 0 unspecified atom stereocenters. The number of rotatable bonds is 5. The Kier molecular flexibility index (Phi) is 5.20. The maximum Gasteiger partial charge on any atom is 0.264 e. The molecule has 6 rings (SSSR count). The smallest absolute Gasteiger partial charge is 0.264 e. The van der Waals surface area contributed by atoms with Crippen LogP contribution in [0.3, 0.4) is 0 Å². The average Bonchev–Trinajstić information content (AvgIpc) is 3.59. The van der Waals surface area contributed by atoms with Crippen molar-refractivity contribution in [3.05, 3.63) is 52.7 Å². The number of thiophene rings is 1. The van der Waals surface area contributed by atoms with Crippen molar-refractivity contribution < 1.29 is 9.59 Å². The molecule has 5 heterocycles. The van der Waals surface area contributed by atoms with Crippen LogP contribution < -0.4 is 10.6 Å². The van der Waals surface area contributed by atoms with Crippen LogP contribution in [0.5, 0.6) is 0 Å². The van der Waals surface area contributed by atoms with E-state index < -0.39 is 0 Å². The molecule has 3 N–H and O–H groups in total. The van der Waals surface area contributed by atoms with Crippen LogP contribution in [-0.4, -0.2) is 57.3 Å². The Hall–Kier alpha value is -3.08. The van der Waals surface area contributed by atoms with E-state index in [2.05, 4.69) is 31.7 Å². The lowest BCUT2D eigenvalue weighted by Crippen LogP contribution is -2.48. The van der Waals surface area contributed by atoms with Gasteiger partial charge in [0.15, 0.2) is 0 Å². The predicted molar refractivity (Wildman–Crippen MR) is 130 cm³/mol. The fraction of sp³-hybridized carbons (Fsp3) is 0.304. The summed E-state index contributed by atoms with van der Waals surface area (Å²) < 4.78 is 0. The van der Waals surface area contributed by atoms with E-state index in [0.29, 0.717) is 23.0 Å². The third-order valence-electron chi connectivity index (χ3n) is 6.20. The molecule has 0 spiro atoms. The Morgan fingerprint density at radius 3 is 2.88 bits per heavy atom. The second-order valence-electron chi connectivity index (χ2n) is 8.38. The molecule has 168 valence electrons. The highest BCUT2D eigenvalue weighted by atomic mass is 32.1. The first-order valence-corrected chi connectivity index (χ1v) is 12.6. The van der Waals surface area contributed by atoms with Gasteiger partial charge in [0, 0.05) is 30.8 Å². The summed E-state index contributed by atoms with van der Waals surface area (Å²) in [6.45, 7) is 2.19. The lowest BCUT2D eigenvalue weighted by molar-refractivity contribution is -0.117. The topological polar surface area (TPSA) is 103 Å². The van der Waals surface area contributed by atoms with Crippen LogP contribution in [-0.2, 0) is 4.79 Å². The Morgan fingerprint density at radius 1 is 1.12 bits per heavy atom. The number of amides is 2. The molecule has 2 amide bonds. The molecule has 1 atom stereocenters. The molecule has 0 radical (unpaired) electrons. The molecule has 1 aromatic carbocycles. The number of likely N-dealkylation sites (tertiary alicyclic amines) is 1. The molecule has 10 heteroatoms. The minimum atomic E-state index is -0.134. The summed E-state index contributed by atoms with van der Waals surface area (Å²) in [4.78, 5) is 41.0. The highest BCUT2D eigenvalue weighted by Crippen LogP contribution is 2.37. The number of para-hydroxylation sites is 1. The number of anilines is 1. The number of aromatic nitrogens is 3. The number of nitrogens with zero attached hydrogens (tertiary/aromatic N) is 3. The van der Waals surface area contributed by atoms with Gasteiger partial charge in [-0.3, -0.25) is 9.59 Å². The van der Waals surface area contributed by atoms with Crippen molar-refractivity contribution in [2.24, 2.45) is 0 Å². The number of fused-ring (bicyclic) bond motifs is 1. The van der Waals surface area contributed by atoms with Gasteiger partial charge in [0.2, 0.25) is 5.91 Å². The summed E-state index contributed by atoms with van der Waals surface area (Å²) in [7, 11) is 0. The van der Waals surface area contributed by atoms with Crippen molar-refractivity contribution in [1.29, 1.82) is 0 Å². The minimum Gasteiger partial charge on any atom is -0.345 e. The molecule has 8 nitrogen and oxygen atoms in total. The van der Waals surface area contributed by atoms with Gasteiger partial charge >= 0.3 is 0 Å². The van der Waals surface area contributed by atoms with E-state index in [1.54, 1.807) is 23.7 Å². The van der Waals surface area contributed by atoms with Gasteiger partial charge < -0.3 is 20.5 Å². The maximum atomic E-state index is 12.9. The van der Waals surface area contributed by atoms with Crippen molar-refractivity contribution in [3.8, 4) is 10.4 Å². The van der Waals surface area contributed by atoms with Gasteiger partial charge in [-0.25, -0.2) is 9.97 Å². The number of carbonyl (C=O) groups excluding carboxylic acids is 2. The van der Waals surface area contributed by atoms with Crippen molar-refractivity contribution in [1.82, 2.24) is 25.2 Å². The summed E-state index contributed by atoms with van der Waals surface area (Å²) in [6.07, 6.45) is 5.48. The molecule has 0 bridgehead atoms. The molecule has 33 heavy (non-hydrogen) atoms. The van der Waals surface area contributed by atoms with Gasteiger partial charge in [-0.2, -0.15) is 0 Å². The van der Waals surface area contributed by atoms with E-state index >= 15 is 0 Å². The van der Waals surface area contributed by atoms with Crippen molar-refractivity contribution in [3.63, 3.8) is 0 Å². The van der Waals surface area contributed by atoms with Gasteiger partial charge in [0.05, 0.1) is 43.2 Å². The zero-order valence-corrected chi connectivity index (χ0v) is 19.3. The number of H-pyrrole nitrogens is 1. The number of benzene rings is 1. The zero-order chi connectivity index (χ0) is 22.4. The zero-order valence-electron chi connectivity index (χ0n) is 17.7. The summed E-state index contributed by atoms with van der Waals surface area (Å²) in [5.41, 5.74) is 3.03. The summed E-state index contributed by atoms with van der Waals surface area (Å²) >= 11 is 3.00. The molecule has 0 saturated carbocycles. The fourth-order valence-corrected chi connectivity index (χ4v) is 6.26. The fourth-order valence-electron chi connectivity index (χ4n) is 4.36. The van der Waals surface area contributed by atoms with Crippen LogP contribution in [0, 0.1) is 0 Å². The Bertz CT molecular complexity index is 1330. The van der Waals surface area contributed by atoms with E-state index in [1.807, 2.05) is 29.3 Å². The second kappa shape index (κ2) is 8.36. The van der Waals surface area contributed by atoms with E-state index in [4.69, 9.17) is 0 Å². The normalized spacial score (nSPS) is 18.5. The van der Waals surface area contributed by atoms with Crippen LogP contribution >= 0.6 is 22.7 Å². The van der Waals surface area contributed by atoms with Gasteiger partial charge in [-0.1, -0.05) is 12.1 Å². The van der Waals surface area contributed by atoms with E-state index in [9.17, 15) is 9.59 Å². The van der Waals surface area contributed by atoms with E-state index in [1.165, 1.54) is 11.3 Å². The van der Waals surface area contributed by atoms with E-state index in [-0.39, 0.29) is 23.8 Å². The number of imidazole rings is 1. The molecular weight excluding hydrogens is 456 g/mol. The molecule has 3 aromatic heterocycles. The Labute approximate surface area is 198 Å². The van der Waals surface area contributed by atoms with Gasteiger partial charge in [-0.15, -0.1) is 22.7 Å². The number of hydrogen-bond acceptors (Lipinski definition) is 7. The van der Waals surface area contributed by atoms with Gasteiger partial charge in [-0.05, 0) is 37.6 Å². The third-order valence-corrected chi connectivity index (χ3v) is 8.38. The standard InChI is InChI=1S/C23H22N6O2S2/c30-21(16-5-2-8-24-16)28-19-7-6-17(32-19)23(31)29-10-13(11-29)22-25-9-18(33-22)14-3-1-4-15-20(14)27-12-26-15/h1,3-4,6-7,9,12-13,16,24H,2,5,8,10-11H2,(H,26,27)(H,28,30)/t16-/m0/s1. The number of aromatic amines is 1. The van der Waals surface area contributed by atoms with E-state index in [0.717, 1.165) is 45.9 Å². The van der Waals surface area contributed by atoms with Gasteiger partial charge in [0.25, 0.3) is 5.91 Å². The number of thiazole rings is 1. The lowest BCUT2D eigenvalue weighted by Gasteiger charge is -2.37. The van der Waals surface area contributed by atoms with Crippen LogP contribution in [0.1, 0.15) is 33.4 Å². The summed E-state index contributed by atoms with van der Waals surface area (Å²) in [5.74, 6) is 0.231. The second-order valence-corrected chi connectivity index (χ2v) is 10.5. The Morgan fingerprint density at radius 2 is 2.03 bits per heavy atom. The number of nitrogens with one attached hydrogen (secondary N) is 3. The highest BCUT2D eigenvalue weighted by Gasteiger charge is 2.35. The quantitative estimate of drug-likeness (QED) is 0.406. The maximum absolute atomic E-state index is 12.9. The van der Waals surface area contributed by atoms with Crippen molar-refractivity contribution >= 4 is 50.5 Å². The van der Waals surface area contributed by atoms with Gasteiger partial charge in [0.1, 0.15) is 0 Å². The summed E-state index contributed by atoms with van der Waals surface area (Å²) in [5, 5.41) is 7.88. The van der Waals surface area contributed by atoms with Crippen LogP contribution in [0.15, 0.2) is 42.9 Å². The third kappa shape index (κ3) is 3.84. The largest absolute Gasteiger partial charge is 0.345 e. The average molecular weight is 479 g/mol. The van der Waals surface area contributed by atoms with Crippen LogP contribution in [0.2, 0.25) is 0 Å². The number of hydrogen-bond donors (Lipinski definition) is 3. The molecule has 4 aromatic rings. The molecular formula is C23H22N6O2S2. The SMILES string of the molecule is O=C(Nc1ccc(C(=O)N2CC(c3ncc(-c4cccc5[nH]cnc45)s3)C2)s1)[C@@H]1CCCN1. The Balaban J connectivity index is 1.08. The molecule has 2 saturated heterocycles. The van der Waals surface area contributed by atoms with Crippen LogP contribution in [0.4, 0.5) is 5.00 Å². The monoisotopic (exact) mass is 478 g/mol. The molecule has 2 aliphatic heterocycles. The highest BCUT2D eigenvalue weighted by molar-refractivity contribution is 7.18. The lowest BCUT2D eigenvalue weighted by atomic mass is 10.0. The first-order chi connectivity index (χ1) is 16.2. The van der Waals surface area contributed by atoms with Crippen LogP contribution in [0.25, 0.3) is 21.5 Å². The molecule has 0 aliphatic carbocycles. The summed E-state index contributed by atoms with van der Waals surface area (Å²) in [6, 6.07) is 9.56. The first-order valence-electron chi connectivity index (χ1n) is 11.0. The molecule has 2 aliphatic rings. The first kappa shape index (κ1) is 20.5. The van der Waals surface area contributed by atoms with Crippen molar-refractivity contribution in [2.75, 3.05) is 25.0 Å². The minimum absolute atomic E-state index is 0.00816. The number of carbonyl (C=O) groups is 2. The van der Waals surface area contributed by atoms with Crippen molar-refractivity contribution in [2.45, 2.75) is 24.8 Å². The molecule has 2 fully saturated rings. The predicted octanol–water partition coefficient (Wildman–Crippen LogP) is 3.68.